The lowest BCUT2D eigenvalue weighted by molar-refractivity contribution is -0.135. The summed E-state index contributed by atoms with van der Waals surface area (Å²) >= 11 is 5.84. The van der Waals surface area contributed by atoms with Gasteiger partial charge in [-0.1, -0.05) is 35.9 Å². The van der Waals surface area contributed by atoms with E-state index in [1.54, 1.807) is 0 Å². The molecule has 0 aromatic heterocycles. The summed E-state index contributed by atoms with van der Waals surface area (Å²) in [4.78, 5) is 14.0. The van der Waals surface area contributed by atoms with Gasteiger partial charge < -0.3 is 4.90 Å². The van der Waals surface area contributed by atoms with Gasteiger partial charge in [0.2, 0.25) is 5.91 Å². The van der Waals surface area contributed by atoms with Crippen LogP contribution in [-0.2, 0) is 11.3 Å². The topological polar surface area (TPSA) is 20.3 Å². The molecule has 0 bridgehead atoms. The van der Waals surface area contributed by atoms with Crippen molar-refractivity contribution in [1.82, 2.24) is 4.90 Å². The number of hydrogen-bond donors (Lipinski definition) is 0. The van der Waals surface area contributed by atoms with Crippen molar-refractivity contribution >= 4 is 17.5 Å². The summed E-state index contributed by atoms with van der Waals surface area (Å²) in [5.74, 6) is 0.404. The van der Waals surface area contributed by atoms with Gasteiger partial charge in [-0.2, -0.15) is 0 Å². The molecule has 0 saturated carbocycles. The molecule has 2 nitrogen and oxygen atoms in total. The number of carbonyl (C=O) groups excluding carboxylic acids is 1. The van der Waals surface area contributed by atoms with Crippen molar-refractivity contribution in [1.29, 1.82) is 0 Å². The van der Waals surface area contributed by atoms with Crippen molar-refractivity contribution in [2.75, 3.05) is 7.05 Å². The van der Waals surface area contributed by atoms with Crippen molar-refractivity contribution in [3.8, 4) is 0 Å². The first kappa shape index (κ1) is 13.2. The fourth-order valence-electron chi connectivity index (χ4n) is 2.27. The zero-order chi connectivity index (χ0) is 13.0. The van der Waals surface area contributed by atoms with Gasteiger partial charge in [0.15, 0.2) is 0 Å². The number of rotatable bonds is 3. The third kappa shape index (κ3) is 3.36. The highest BCUT2D eigenvalue weighted by atomic mass is 35.5. The second-order valence-corrected chi connectivity index (χ2v) is 5.24. The highest BCUT2D eigenvalue weighted by Crippen LogP contribution is 2.21. The van der Waals surface area contributed by atoms with E-state index >= 15 is 0 Å². The molecule has 0 heterocycles. The lowest BCUT2D eigenvalue weighted by Crippen LogP contribution is -2.32. The Morgan fingerprint density at radius 1 is 1.33 bits per heavy atom. The second-order valence-electron chi connectivity index (χ2n) is 4.80. The zero-order valence-electron chi connectivity index (χ0n) is 10.6. The van der Waals surface area contributed by atoms with Gasteiger partial charge in [-0.15, -0.1) is 0 Å². The molecule has 2 rings (SSSR count). The second kappa shape index (κ2) is 6.05. The van der Waals surface area contributed by atoms with E-state index in [0.717, 1.165) is 29.8 Å². The van der Waals surface area contributed by atoms with Gasteiger partial charge in [-0.3, -0.25) is 4.79 Å². The van der Waals surface area contributed by atoms with Gasteiger partial charge >= 0.3 is 0 Å². The molecular weight excluding hydrogens is 246 g/mol. The fraction of sp³-hybridized carbons (Fsp3) is 0.400. The predicted molar refractivity (Wildman–Crippen MR) is 74.4 cm³/mol. The molecule has 18 heavy (non-hydrogen) atoms. The van der Waals surface area contributed by atoms with E-state index in [1.165, 1.54) is 0 Å². The number of benzene rings is 1. The van der Waals surface area contributed by atoms with E-state index in [2.05, 4.69) is 12.2 Å². The van der Waals surface area contributed by atoms with Crippen LogP contribution in [0.15, 0.2) is 36.4 Å². The van der Waals surface area contributed by atoms with Gasteiger partial charge in [0.25, 0.3) is 0 Å². The van der Waals surface area contributed by atoms with Crippen LogP contribution >= 0.6 is 11.6 Å². The van der Waals surface area contributed by atoms with Crippen LogP contribution in [-0.4, -0.2) is 17.9 Å². The van der Waals surface area contributed by atoms with E-state index in [4.69, 9.17) is 11.6 Å². The number of amides is 1. The van der Waals surface area contributed by atoms with Crippen molar-refractivity contribution in [2.45, 2.75) is 25.8 Å². The Hall–Kier alpha value is -1.28. The maximum absolute atomic E-state index is 12.2. The van der Waals surface area contributed by atoms with E-state index in [0.29, 0.717) is 6.54 Å². The molecule has 1 atom stereocenters. The zero-order valence-corrected chi connectivity index (χ0v) is 11.4. The number of allylic oxidation sites excluding steroid dienone is 2. The molecule has 0 radical (unpaired) electrons. The van der Waals surface area contributed by atoms with Gasteiger partial charge in [0, 0.05) is 24.5 Å². The SMILES string of the molecule is CN(Cc1ccc(Cl)cc1)C(=O)C1CC=CCC1. The van der Waals surface area contributed by atoms with Crippen molar-refractivity contribution < 1.29 is 4.79 Å². The number of carbonyl (C=O) groups is 1. The summed E-state index contributed by atoms with van der Waals surface area (Å²) in [5, 5.41) is 0.727. The minimum atomic E-state index is 0.160. The van der Waals surface area contributed by atoms with Crippen LogP contribution in [0, 0.1) is 5.92 Å². The van der Waals surface area contributed by atoms with Crippen molar-refractivity contribution in [2.24, 2.45) is 5.92 Å². The van der Waals surface area contributed by atoms with Crippen LogP contribution < -0.4 is 0 Å². The largest absolute Gasteiger partial charge is 0.341 e. The summed E-state index contributed by atoms with van der Waals surface area (Å²) < 4.78 is 0. The van der Waals surface area contributed by atoms with Crippen molar-refractivity contribution in [3.63, 3.8) is 0 Å². The molecule has 0 spiro atoms. The Bertz CT molecular complexity index is 438. The molecule has 1 aromatic rings. The van der Waals surface area contributed by atoms with Gasteiger partial charge in [-0.25, -0.2) is 0 Å². The molecule has 0 fully saturated rings. The molecule has 0 aliphatic heterocycles. The standard InChI is InChI=1S/C15H18ClNO/c1-17(11-12-7-9-14(16)10-8-12)15(18)13-5-3-2-4-6-13/h2-3,7-10,13H,4-6,11H2,1H3. The Balaban J connectivity index is 1.94. The third-order valence-corrected chi connectivity index (χ3v) is 3.58. The van der Waals surface area contributed by atoms with Gasteiger partial charge in [-0.05, 0) is 37.0 Å². The summed E-state index contributed by atoms with van der Waals surface area (Å²) in [7, 11) is 1.87. The minimum Gasteiger partial charge on any atom is -0.341 e. The number of hydrogen-bond acceptors (Lipinski definition) is 1. The Labute approximate surface area is 113 Å². The van der Waals surface area contributed by atoms with Crippen LogP contribution in [0.5, 0.6) is 0 Å². The lowest BCUT2D eigenvalue weighted by Gasteiger charge is -2.24. The first-order valence-corrected chi connectivity index (χ1v) is 6.69. The monoisotopic (exact) mass is 263 g/mol. The van der Waals surface area contributed by atoms with Crippen LogP contribution in [0.1, 0.15) is 24.8 Å². The van der Waals surface area contributed by atoms with E-state index in [1.807, 2.05) is 36.2 Å². The first-order chi connectivity index (χ1) is 8.66. The third-order valence-electron chi connectivity index (χ3n) is 3.33. The highest BCUT2D eigenvalue weighted by molar-refractivity contribution is 6.30. The summed E-state index contributed by atoms with van der Waals surface area (Å²) in [6, 6.07) is 7.65. The van der Waals surface area contributed by atoms with Crippen LogP contribution in [0.4, 0.5) is 0 Å². The van der Waals surface area contributed by atoms with E-state index < -0.39 is 0 Å². The Morgan fingerprint density at radius 2 is 2.06 bits per heavy atom. The molecule has 1 aromatic carbocycles. The smallest absolute Gasteiger partial charge is 0.226 e. The van der Waals surface area contributed by atoms with Crippen LogP contribution in [0.2, 0.25) is 5.02 Å². The molecule has 0 N–H and O–H groups in total. The first-order valence-electron chi connectivity index (χ1n) is 6.31. The quantitative estimate of drug-likeness (QED) is 0.763. The molecule has 1 aliphatic carbocycles. The summed E-state index contributed by atoms with van der Waals surface area (Å²) in [5.41, 5.74) is 1.11. The highest BCUT2D eigenvalue weighted by Gasteiger charge is 2.21. The van der Waals surface area contributed by atoms with Gasteiger partial charge in [0.1, 0.15) is 0 Å². The van der Waals surface area contributed by atoms with E-state index in [9.17, 15) is 4.79 Å². The molecule has 96 valence electrons. The lowest BCUT2D eigenvalue weighted by atomic mass is 9.93. The molecular formula is C15H18ClNO. The van der Waals surface area contributed by atoms with Crippen LogP contribution in [0.25, 0.3) is 0 Å². The molecule has 0 saturated heterocycles. The minimum absolute atomic E-state index is 0.160. The molecule has 1 aliphatic rings. The van der Waals surface area contributed by atoms with E-state index in [-0.39, 0.29) is 11.8 Å². The number of nitrogens with zero attached hydrogens (tertiary/aromatic N) is 1. The van der Waals surface area contributed by atoms with Gasteiger partial charge in [0.05, 0.1) is 0 Å². The average Bonchev–Trinajstić information content (AvgIpc) is 2.41. The van der Waals surface area contributed by atoms with Crippen LogP contribution in [0.3, 0.4) is 0 Å². The predicted octanol–water partition coefficient (Wildman–Crippen LogP) is 3.65. The number of halogens is 1. The summed E-state index contributed by atoms with van der Waals surface area (Å²) in [6.45, 7) is 0.649. The maximum Gasteiger partial charge on any atom is 0.226 e. The molecule has 1 amide bonds. The molecule has 3 heteroatoms. The Morgan fingerprint density at radius 3 is 2.67 bits per heavy atom. The fourth-order valence-corrected chi connectivity index (χ4v) is 2.40. The summed E-state index contributed by atoms with van der Waals surface area (Å²) in [6.07, 6.45) is 7.14. The average molecular weight is 264 g/mol. The molecule has 1 unspecified atom stereocenters. The van der Waals surface area contributed by atoms with Crippen molar-refractivity contribution in [3.05, 3.63) is 47.0 Å². The normalized spacial score (nSPS) is 18.7. The Kier molecular flexibility index (Phi) is 4.43. The maximum atomic E-state index is 12.2.